The van der Waals surface area contributed by atoms with Crippen molar-refractivity contribution in [3.8, 4) is 0 Å². The number of fused-ring (bicyclic) bond motifs is 1. The molecule has 2 aliphatic carbocycles. The summed E-state index contributed by atoms with van der Waals surface area (Å²) in [5, 5.41) is 0. The first-order valence-electron chi connectivity index (χ1n) is 4.35. The fraction of sp³-hybridized carbons (Fsp3) is 0.875. The van der Waals surface area contributed by atoms with E-state index in [1.165, 1.54) is 25.7 Å². The van der Waals surface area contributed by atoms with Gasteiger partial charge in [-0.3, -0.25) is 10.2 Å². The van der Waals surface area contributed by atoms with Crippen molar-refractivity contribution in [3.63, 3.8) is 0 Å². The van der Waals surface area contributed by atoms with Crippen LogP contribution in [0.1, 0.15) is 25.7 Å². The van der Waals surface area contributed by atoms with Crippen molar-refractivity contribution in [1.29, 1.82) is 0 Å². The lowest BCUT2D eigenvalue weighted by Crippen LogP contribution is -2.32. The van der Waals surface area contributed by atoms with Gasteiger partial charge in [-0.1, -0.05) is 12.8 Å². The zero-order chi connectivity index (χ0) is 7.84. The largest absolute Gasteiger partial charge is 0.294 e. The predicted octanol–water partition coefficient (Wildman–Crippen LogP) is 0.412. The van der Waals surface area contributed by atoms with Crippen molar-refractivity contribution >= 4 is 5.91 Å². The summed E-state index contributed by atoms with van der Waals surface area (Å²) in [6.07, 6.45) is 5.08. The number of hydrogen-bond donors (Lipinski definition) is 2. The molecule has 0 saturated heterocycles. The summed E-state index contributed by atoms with van der Waals surface area (Å²) in [6.45, 7) is 0. The van der Waals surface area contributed by atoms with Crippen molar-refractivity contribution in [2.45, 2.75) is 25.7 Å². The summed E-state index contributed by atoms with van der Waals surface area (Å²) in [6, 6.07) is 0. The van der Waals surface area contributed by atoms with Crippen LogP contribution in [0.2, 0.25) is 0 Å². The van der Waals surface area contributed by atoms with Crippen LogP contribution >= 0.6 is 0 Å². The quantitative estimate of drug-likeness (QED) is 0.326. The second kappa shape index (κ2) is 2.48. The molecule has 1 amide bonds. The number of nitrogens with two attached hydrogens (primary N) is 1. The molecule has 3 heteroatoms. The average Bonchev–Trinajstić information content (AvgIpc) is 2.77. The molecule has 0 heterocycles. The second-order valence-corrected chi connectivity index (χ2v) is 3.65. The first kappa shape index (κ1) is 7.10. The highest BCUT2D eigenvalue weighted by Gasteiger charge is 2.54. The summed E-state index contributed by atoms with van der Waals surface area (Å²) in [4.78, 5) is 11.1. The third-order valence-corrected chi connectivity index (χ3v) is 3.10. The smallest absolute Gasteiger partial charge is 0.237 e. The van der Waals surface area contributed by atoms with Gasteiger partial charge in [0, 0.05) is 5.92 Å². The van der Waals surface area contributed by atoms with Crippen molar-refractivity contribution in [2.24, 2.45) is 23.6 Å². The summed E-state index contributed by atoms with van der Waals surface area (Å²) in [5.41, 5.74) is 2.24. The molecule has 0 spiro atoms. The van der Waals surface area contributed by atoms with Gasteiger partial charge in [0.25, 0.3) is 0 Å². The van der Waals surface area contributed by atoms with Gasteiger partial charge in [-0.05, 0) is 24.7 Å². The van der Waals surface area contributed by atoms with E-state index in [9.17, 15) is 4.79 Å². The lowest BCUT2D eigenvalue weighted by atomic mass is 10.0. The van der Waals surface area contributed by atoms with E-state index in [1.807, 2.05) is 0 Å². The molecule has 0 aromatic carbocycles. The minimum absolute atomic E-state index is 0.0573. The van der Waals surface area contributed by atoms with E-state index in [4.69, 9.17) is 5.84 Å². The zero-order valence-electron chi connectivity index (χ0n) is 6.55. The molecule has 3 atom stereocenters. The fourth-order valence-corrected chi connectivity index (χ4v) is 2.48. The standard InChI is InChI=1S/C8H14N2O/c9-10-8(11)7-5-3-1-2-4-6(5)7/h5-7H,1-4,9H2,(H,10,11)/t5-,6+,7?. The Hall–Kier alpha value is -0.570. The van der Waals surface area contributed by atoms with Crippen molar-refractivity contribution in [3.05, 3.63) is 0 Å². The van der Waals surface area contributed by atoms with Gasteiger partial charge in [0.05, 0.1) is 0 Å². The van der Waals surface area contributed by atoms with Gasteiger partial charge < -0.3 is 0 Å². The first-order valence-corrected chi connectivity index (χ1v) is 4.35. The Morgan fingerprint density at radius 3 is 2.27 bits per heavy atom. The molecular formula is C8H14N2O. The number of carbonyl (C=O) groups is 1. The topological polar surface area (TPSA) is 55.1 Å². The molecule has 2 fully saturated rings. The third-order valence-electron chi connectivity index (χ3n) is 3.10. The lowest BCUT2D eigenvalue weighted by Gasteiger charge is -2.04. The van der Waals surface area contributed by atoms with Crippen molar-refractivity contribution in [1.82, 2.24) is 5.43 Å². The Bertz CT molecular complexity index is 169. The first-order chi connectivity index (χ1) is 5.34. The van der Waals surface area contributed by atoms with Crippen LogP contribution in [0, 0.1) is 17.8 Å². The van der Waals surface area contributed by atoms with Gasteiger partial charge >= 0.3 is 0 Å². The van der Waals surface area contributed by atoms with Crippen LogP contribution in [0.4, 0.5) is 0 Å². The molecule has 0 radical (unpaired) electrons. The highest BCUT2D eigenvalue weighted by Crippen LogP contribution is 2.55. The van der Waals surface area contributed by atoms with Crippen molar-refractivity contribution < 1.29 is 4.79 Å². The van der Waals surface area contributed by atoms with E-state index in [1.54, 1.807) is 0 Å². The monoisotopic (exact) mass is 154 g/mol. The van der Waals surface area contributed by atoms with Crippen LogP contribution < -0.4 is 11.3 Å². The molecule has 3 N–H and O–H groups in total. The van der Waals surface area contributed by atoms with Gasteiger partial charge in [-0.15, -0.1) is 0 Å². The molecule has 2 saturated carbocycles. The molecule has 2 rings (SSSR count). The molecule has 11 heavy (non-hydrogen) atoms. The SMILES string of the molecule is NNC(=O)C1[C@H]2CCCC[C@@H]12. The van der Waals surface area contributed by atoms with Gasteiger partial charge in [0.15, 0.2) is 0 Å². The molecule has 0 aromatic rings. The van der Waals surface area contributed by atoms with Gasteiger partial charge in [-0.25, -0.2) is 5.84 Å². The highest BCUT2D eigenvalue weighted by molar-refractivity contribution is 5.81. The predicted molar refractivity (Wildman–Crippen MR) is 41.3 cm³/mol. The number of carbonyl (C=O) groups excluding carboxylic acids is 1. The van der Waals surface area contributed by atoms with E-state index >= 15 is 0 Å². The van der Waals surface area contributed by atoms with E-state index in [0.717, 1.165) is 0 Å². The number of hydrogen-bond acceptors (Lipinski definition) is 2. The van der Waals surface area contributed by atoms with Gasteiger partial charge in [-0.2, -0.15) is 0 Å². The van der Waals surface area contributed by atoms with Crippen molar-refractivity contribution in [2.75, 3.05) is 0 Å². The van der Waals surface area contributed by atoms with Crippen LogP contribution in [-0.2, 0) is 4.79 Å². The average molecular weight is 154 g/mol. The number of amides is 1. The molecular weight excluding hydrogens is 140 g/mol. The Morgan fingerprint density at radius 1 is 1.27 bits per heavy atom. The second-order valence-electron chi connectivity index (χ2n) is 3.65. The Kier molecular flexibility index (Phi) is 1.60. The van der Waals surface area contributed by atoms with Crippen LogP contribution in [0.25, 0.3) is 0 Å². The Morgan fingerprint density at radius 2 is 1.82 bits per heavy atom. The summed E-state index contributed by atoms with van der Waals surface area (Å²) >= 11 is 0. The molecule has 0 bridgehead atoms. The molecule has 2 aliphatic rings. The molecule has 1 unspecified atom stereocenters. The van der Waals surface area contributed by atoms with Crippen LogP contribution in [0.5, 0.6) is 0 Å². The van der Waals surface area contributed by atoms with Crippen LogP contribution in [0.15, 0.2) is 0 Å². The number of rotatable bonds is 1. The van der Waals surface area contributed by atoms with Crippen LogP contribution in [-0.4, -0.2) is 5.91 Å². The molecule has 3 nitrogen and oxygen atoms in total. The fourth-order valence-electron chi connectivity index (χ4n) is 2.48. The van der Waals surface area contributed by atoms with E-state index in [0.29, 0.717) is 11.8 Å². The maximum absolute atomic E-state index is 11.1. The highest BCUT2D eigenvalue weighted by atomic mass is 16.2. The Labute approximate surface area is 66.3 Å². The maximum atomic E-state index is 11.1. The molecule has 0 aliphatic heterocycles. The number of hydrazine groups is 1. The number of nitrogens with one attached hydrogen (secondary N) is 1. The zero-order valence-corrected chi connectivity index (χ0v) is 6.55. The maximum Gasteiger partial charge on any atom is 0.237 e. The molecule has 0 aromatic heterocycles. The summed E-state index contributed by atoms with van der Waals surface area (Å²) < 4.78 is 0. The molecule has 62 valence electrons. The van der Waals surface area contributed by atoms with Gasteiger partial charge in [0.1, 0.15) is 0 Å². The normalized spacial score (nSPS) is 41.0. The minimum atomic E-state index is 0.0573. The lowest BCUT2D eigenvalue weighted by molar-refractivity contribution is -0.122. The summed E-state index contributed by atoms with van der Waals surface area (Å²) in [7, 11) is 0. The minimum Gasteiger partial charge on any atom is -0.294 e. The van der Waals surface area contributed by atoms with E-state index in [-0.39, 0.29) is 11.8 Å². The Balaban J connectivity index is 1.94. The third kappa shape index (κ3) is 1.03. The van der Waals surface area contributed by atoms with E-state index in [2.05, 4.69) is 5.43 Å². The van der Waals surface area contributed by atoms with Crippen LogP contribution in [0.3, 0.4) is 0 Å². The van der Waals surface area contributed by atoms with E-state index < -0.39 is 0 Å². The van der Waals surface area contributed by atoms with Gasteiger partial charge in [0.2, 0.25) is 5.91 Å². The summed E-state index contributed by atoms with van der Waals surface area (Å²) in [5.74, 6) is 6.74.